The molecule has 9 nitrogen and oxygen atoms in total. The molecule has 2 aromatic heterocycles. The smallest absolute Gasteiger partial charge is 0.252 e. The van der Waals surface area contributed by atoms with Crippen LogP contribution in [0.4, 0.5) is 5.69 Å². The van der Waals surface area contributed by atoms with E-state index in [4.69, 9.17) is 5.26 Å². The van der Waals surface area contributed by atoms with Gasteiger partial charge in [-0.3, -0.25) is 9.48 Å². The summed E-state index contributed by atoms with van der Waals surface area (Å²) in [5.41, 5.74) is 2.23. The quantitative estimate of drug-likeness (QED) is 0.732. The molecule has 4 rings (SSSR count). The molecule has 0 bridgehead atoms. The first-order chi connectivity index (χ1) is 12.6. The number of hydrogen-bond acceptors (Lipinski definition) is 6. The van der Waals surface area contributed by atoms with Crippen molar-refractivity contribution in [3.63, 3.8) is 0 Å². The first kappa shape index (κ1) is 16.1. The summed E-state index contributed by atoms with van der Waals surface area (Å²) in [6, 6.07) is 8.09. The van der Waals surface area contributed by atoms with Gasteiger partial charge in [-0.05, 0) is 18.6 Å². The molecule has 1 aliphatic rings. The Kier molecular flexibility index (Phi) is 4.01. The molecule has 0 unspecified atom stereocenters. The van der Waals surface area contributed by atoms with Crippen molar-refractivity contribution in [2.24, 2.45) is 7.05 Å². The summed E-state index contributed by atoms with van der Waals surface area (Å²) in [6.45, 7) is 1.69. The maximum atomic E-state index is 12.2. The third kappa shape index (κ3) is 2.97. The molecule has 1 aliphatic heterocycles. The minimum atomic E-state index is -0.133. The van der Waals surface area contributed by atoms with Crippen LogP contribution in [0.5, 0.6) is 0 Å². The van der Waals surface area contributed by atoms with E-state index in [-0.39, 0.29) is 24.3 Å². The van der Waals surface area contributed by atoms with E-state index in [1.165, 1.54) is 11.0 Å². The summed E-state index contributed by atoms with van der Waals surface area (Å²) >= 11 is 0. The molecule has 1 atom stereocenters. The van der Waals surface area contributed by atoms with Crippen molar-refractivity contribution in [1.29, 1.82) is 5.26 Å². The van der Waals surface area contributed by atoms with Crippen LogP contribution < -0.4 is 10.2 Å². The standard InChI is InChI=1S/C17H18N8O/c1-23-14-3-2-4-15(13(14)8-20-23)24-6-5-12(9-24)21-17(26)10-25-11-19-16(7-18)22-25/h2-4,8,11-12H,5-6,9-10H2,1H3,(H,21,26)/t12-/m0/s1. The predicted octanol–water partition coefficient (Wildman–Crippen LogP) is 0.432. The normalized spacial score (nSPS) is 16.8. The van der Waals surface area contributed by atoms with Crippen LogP contribution in [-0.4, -0.2) is 49.6 Å². The highest BCUT2D eigenvalue weighted by Crippen LogP contribution is 2.29. The van der Waals surface area contributed by atoms with Crippen LogP contribution in [0, 0.1) is 11.3 Å². The van der Waals surface area contributed by atoms with Crippen molar-refractivity contribution < 1.29 is 4.79 Å². The van der Waals surface area contributed by atoms with Crippen LogP contribution in [0.1, 0.15) is 12.2 Å². The number of nitrogens with one attached hydrogen (secondary N) is 1. The number of benzene rings is 1. The molecule has 1 aromatic carbocycles. The summed E-state index contributed by atoms with van der Waals surface area (Å²) in [6.07, 6.45) is 4.15. The van der Waals surface area contributed by atoms with Gasteiger partial charge in [0.05, 0.1) is 11.7 Å². The van der Waals surface area contributed by atoms with Crippen LogP contribution in [0.15, 0.2) is 30.7 Å². The number of nitriles is 1. The van der Waals surface area contributed by atoms with Gasteiger partial charge in [0.1, 0.15) is 18.9 Å². The molecule has 1 fully saturated rings. The van der Waals surface area contributed by atoms with Crippen molar-refractivity contribution in [1.82, 2.24) is 29.9 Å². The van der Waals surface area contributed by atoms with Crippen LogP contribution in [0.25, 0.3) is 10.9 Å². The van der Waals surface area contributed by atoms with Gasteiger partial charge < -0.3 is 10.2 Å². The van der Waals surface area contributed by atoms with E-state index in [0.29, 0.717) is 0 Å². The average Bonchev–Trinajstić information content (AvgIpc) is 3.36. The van der Waals surface area contributed by atoms with Crippen LogP contribution in [0.3, 0.4) is 0 Å². The molecule has 1 amide bonds. The van der Waals surface area contributed by atoms with E-state index in [0.717, 1.165) is 36.1 Å². The van der Waals surface area contributed by atoms with Crippen molar-refractivity contribution in [2.75, 3.05) is 18.0 Å². The summed E-state index contributed by atoms with van der Waals surface area (Å²) in [5, 5.41) is 21.1. The Morgan fingerprint density at radius 3 is 3.15 bits per heavy atom. The third-order valence-corrected chi connectivity index (χ3v) is 4.60. The fourth-order valence-electron chi connectivity index (χ4n) is 3.38. The molecule has 9 heteroatoms. The van der Waals surface area contributed by atoms with E-state index >= 15 is 0 Å². The number of amides is 1. The Balaban J connectivity index is 1.40. The highest BCUT2D eigenvalue weighted by molar-refractivity contribution is 5.92. The van der Waals surface area contributed by atoms with Crippen LogP contribution in [-0.2, 0) is 18.4 Å². The lowest BCUT2D eigenvalue weighted by atomic mass is 10.2. The summed E-state index contributed by atoms with van der Waals surface area (Å²) in [4.78, 5) is 18.3. The van der Waals surface area contributed by atoms with Gasteiger partial charge in [-0.2, -0.15) is 10.4 Å². The number of carbonyl (C=O) groups excluding carboxylic acids is 1. The second kappa shape index (κ2) is 6.48. The SMILES string of the molecule is Cn1ncc2c(N3CC[C@H](NC(=O)Cn4cnc(C#N)n4)C3)cccc21. The van der Waals surface area contributed by atoms with Gasteiger partial charge in [0.15, 0.2) is 0 Å². The van der Waals surface area contributed by atoms with Crippen LogP contribution >= 0.6 is 0 Å². The number of fused-ring (bicyclic) bond motifs is 1. The van der Waals surface area contributed by atoms with Crippen LogP contribution in [0.2, 0.25) is 0 Å². The van der Waals surface area contributed by atoms with Gasteiger partial charge in [0.25, 0.3) is 5.82 Å². The molecule has 26 heavy (non-hydrogen) atoms. The maximum absolute atomic E-state index is 12.2. The molecule has 0 spiro atoms. The minimum absolute atomic E-state index is 0.0589. The molecule has 3 aromatic rings. The lowest BCUT2D eigenvalue weighted by Gasteiger charge is -2.20. The topological polar surface area (TPSA) is 105 Å². The molecule has 0 aliphatic carbocycles. The fourth-order valence-corrected chi connectivity index (χ4v) is 3.38. The van der Waals surface area contributed by atoms with E-state index in [2.05, 4.69) is 37.5 Å². The summed E-state index contributed by atoms with van der Waals surface area (Å²) < 4.78 is 3.23. The zero-order chi connectivity index (χ0) is 18.1. The van der Waals surface area contributed by atoms with Crippen molar-refractivity contribution in [2.45, 2.75) is 19.0 Å². The number of aryl methyl sites for hydroxylation is 1. The van der Waals surface area contributed by atoms with Gasteiger partial charge in [-0.15, -0.1) is 5.10 Å². The first-order valence-corrected chi connectivity index (χ1v) is 8.38. The predicted molar refractivity (Wildman–Crippen MR) is 94.2 cm³/mol. The largest absolute Gasteiger partial charge is 0.369 e. The van der Waals surface area contributed by atoms with Gasteiger partial charge in [0, 0.05) is 37.3 Å². The van der Waals surface area contributed by atoms with E-state index in [1.54, 1.807) is 0 Å². The number of anilines is 1. The Bertz CT molecular complexity index is 998. The second-order valence-corrected chi connectivity index (χ2v) is 6.35. The lowest BCUT2D eigenvalue weighted by Crippen LogP contribution is -2.39. The zero-order valence-electron chi connectivity index (χ0n) is 14.3. The highest BCUT2D eigenvalue weighted by atomic mass is 16.2. The van der Waals surface area contributed by atoms with Crippen molar-refractivity contribution in [3.05, 3.63) is 36.5 Å². The first-order valence-electron chi connectivity index (χ1n) is 8.38. The molecule has 0 saturated carbocycles. The van der Waals surface area contributed by atoms with Gasteiger partial charge in [0.2, 0.25) is 5.91 Å². The number of nitrogens with zero attached hydrogens (tertiary/aromatic N) is 7. The molecular formula is C17H18N8O. The van der Waals surface area contributed by atoms with Gasteiger partial charge in [-0.25, -0.2) is 9.67 Å². The molecular weight excluding hydrogens is 332 g/mol. The van der Waals surface area contributed by atoms with Crippen molar-refractivity contribution in [3.8, 4) is 6.07 Å². The number of rotatable bonds is 4. The molecule has 132 valence electrons. The monoisotopic (exact) mass is 350 g/mol. The third-order valence-electron chi connectivity index (χ3n) is 4.60. The minimum Gasteiger partial charge on any atom is -0.369 e. The van der Waals surface area contributed by atoms with Crippen molar-refractivity contribution >= 4 is 22.5 Å². The Morgan fingerprint density at radius 1 is 1.46 bits per heavy atom. The van der Waals surface area contributed by atoms with Gasteiger partial charge >= 0.3 is 0 Å². The molecule has 1 saturated heterocycles. The molecule has 0 radical (unpaired) electrons. The Labute approximate surface area is 149 Å². The fraction of sp³-hybridized carbons (Fsp3) is 0.353. The molecule has 3 heterocycles. The summed E-state index contributed by atoms with van der Waals surface area (Å²) in [7, 11) is 1.93. The zero-order valence-corrected chi connectivity index (χ0v) is 14.3. The average molecular weight is 350 g/mol. The second-order valence-electron chi connectivity index (χ2n) is 6.35. The van der Waals surface area contributed by atoms with E-state index < -0.39 is 0 Å². The number of aromatic nitrogens is 5. The molecule has 1 N–H and O–H groups in total. The van der Waals surface area contributed by atoms with Gasteiger partial charge in [-0.1, -0.05) is 6.07 Å². The Hall–Kier alpha value is -3.41. The lowest BCUT2D eigenvalue weighted by molar-refractivity contribution is -0.122. The van der Waals surface area contributed by atoms with E-state index in [9.17, 15) is 4.79 Å². The maximum Gasteiger partial charge on any atom is 0.252 e. The number of hydrogen-bond donors (Lipinski definition) is 1. The summed E-state index contributed by atoms with van der Waals surface area (Å²) in [5.74, 6) is -0.0692. The number of carbonyl (C=O) groups is 1. The highest BCUT2D eigenvalue weighted by Gasteiger charge is 2.25. The van der Waals surface area contributed by atoms with E-state index in [1.807, 2.05) is 30.1 Å². The Morgan fingerprint density at radius 2 is 2.35 bits per heavy atom.